The first kappa shape index (κ1) is 30.0. The zero-order valence-corrected chi connectivity index (χ0v) is 26.6. The van der Waals surface area contributed by atoms with Gasteiger partial charge >= 0.3 is 0 Å². The summed E-state index contributed by atoms with van der Waals surface area (Å²) in [5.74, 6) is 0.422. The van der Waals surface area contributed by atoms with E-state index in [1.807, 2.05) is 38.1 Å². The van der Waals surface area contributed by atoms with Crippen molar-refractivity contribution in [3.05, 3.63) is 88.7 Å². The maximum absolute atomic E-state index is 12.1. The van der Waals surface area contributed by atoms with Crippen LogP contribution in [-0.2, 0) is 9.59 Å². The van der Waals surface area contributed by atoms with E-state index in [-0.39, 0.29) is 25.0 Å². The number of carbonyl (C=O) groups is 2. The van der Waals surface area contributed by atoms with E-state index < -0.39 is 0 Å². The second-order valence-electron chi connectivity index (χ2n) is 7.90. The highest BCUT2D eigenvalue weighted by Crippen LogP contribution is 2.33. The van der Waals surface area contributed by atoms with Gasteiger partial charge in [0.05, 0.1) is 21.4 Å². The van der Waals surface area contributed by atoms with Crippen LogP contribution in [0.5, 0.6) is 11.5 Å². The van der Waals surface area contributed by atoms with Crippen molar-refractivity contribution in [3.8, 4) is 11.5 Å². The minimum absolute atomic E-state index is 0.176. The van der Waals surface area contributed by atoms with Gasteiger partial charge in [-0.15, -0.1) is 0 Å². The number of hydrazone groups is 2. The maximum Gasteiger partial charge on any atom is 0.277 e. The zero-order valence-electron chi connectivity index (χ0n) is 20.2. The standard InChI is InChI=1S/C26H22Br4N4O4/c1-15-7-19(27)9-21(29)25(15)37-13-23(35)33-31-11-17-3-5-18(6-4-17)12-32-34-24(36)14-38-26-16(2)8-20(28)10-22(26)30/h3-12H,13-14H2,1-2H3,(H,33,35)(H,34,36). The monoisotopic (exact) mass is 770 g/mol. The summed E-state index contributed by atoms with van der Waals surface area (Å²) in [7, 11) is 0. The Morgan fingerprint density at radius 2 is 1.08 bits per heavy atom. The van der Waals surface area contributed by atoms with Crippen LogP contribution in [0, 0.1) is 13.8 Å². The van der Waals surface area contributed by atoms with Crippen molar-refractivity contribution >= 4 is 88.0 Å². The number of ether oxygens (including phenoxy) is 2. The lowest BCUT2D eigenvalue weighted by molar-refractivity contribution is -0.123. The van der Waals surface area contributed by atoms with Gasteiger partial charge in [0, 0.05) is 8.95 Å². The number of halogens is 4. The van der Waals surface area contributed by atoms with Crippen molar-refractivity contribution in [2.45, 2.75) is 13.8 Å². The second-order valence-corrected chi connectivity index (χ2v) is 11.4. The minimum atomic E-state index is -0.387. The largest absolute Gasteiger partial charge is 0.482 e. The number of hydrogen-bond acceptors (Lipinski definition) is 6. The van der Waals surface area contributed by atoms with Crippen molar-refractivity contribution in [1.29, 1.82) is 0 Å². The molecule has 198 valence electrons. The number of rotatable bonds is 10. The molecule has 3 aromatic carbocycles. The van der Waals surface area contributed by atoms with Gasteiger partial charge in [0.2, 0.25) is 0 Å². The molecule has 8 nitrogen and oxygen atoms in total. The smallest absolute Gasteiger partial charge is 0.277 e. The SMILES string of the molecule is Cc1cc(Br)cc(Br)c1OCC(=O)NN=Cc1ccc(C=NNC(=O)COc2c(C)cc(Br)cc2Br)cc1. The first-order valence-corrected chi connectivity index (χ1v) is 14.2. The van der Waals surface area contributed by atoms with Gasteiger partial charge in [0.25, 0.3) is 11.8 Å². The molecule has 0 aliphatic carbocycles. The van der Waals surface area contributed by atoms with E-state index in [1.165, 1.54) is 12.4 Å². The second kappa shape index (κ2) is 14.6. The average Bonchev–Trinajstić information content (AvgIpc) is 2.83. The van der Waals surface area contributed by atoms with Crippen molar-refractivity contribution in [2.75, 3.05) is 13.2 Å². The molecule has 12 heteroatoms. The van der Waals surface area contributed by atoms with Crippen molar-refractivity contribution in [2.24, 2.45) is 10.2 Å². The Balaban J connectivity index is 1.41. The third kappa shape index (κ3) is 9.33. The molecule has 0 aliphatic heterocycles. The van der Waals surface area contributed by atoms with E-state index in [0.29, 0.717) is 11.5 Å². The molecule has 0 unspecified atom stereocenters. The Morgan fingerprint density at radius 1 is 0.711 bits per heavy atom. The van der Waals surface area contributed by atoms with Crippen molar-refractivity contribution in [3.63, 3.8) is 0 Å². The molecule has 2 amide bonds. The van der Waals surface area contributed by atoms with Gasteiger partial charge in [0.1, 0.15) is 11.5 Å². The summed E-state index contributed by atoms with van der Waals surface area (Å²) in [5, 5.41) is 7.91. The van der Waals surface area contributed by atoms with Crippen molar-refractivity contribution < 1.29 is 19.1 Å². The summed E-state index contributed by atoms with van der Waals surface area (Å²) < 4.78 is 14.5. The molecule has 38 heavy (non-hydrogen) atoms. The molecule has 2 N–H and O–H groups in total. The van der Waals surface area contributed by atoms with Gasteiger partial charge in [-0.3, -0.25) is 9.59 Å². The fourth-order valence-electron chi connectivity index (χ4n) is 3.11. The third-order valence-electron chi connectivity index (χ3n) is 4.83. The molecule has 0 aromatic heterocycles. The van der Waals surface area contributed by atoms with Gasteiger partial charge in [-0.1, -0.05) is 56.1 Å². The van der Waals surface area contributed by atoms with Gasteiger partial charge < -0.3 is 9.47 Å². The van der Waals surface area contributed by atoms with Crippen LogP contribution in [0.4, 0.5) is 0 Å². The van der Waals surface area contributed by atoms with Crippen LogP contribution in [0.25, 0.3) is 0 Å². The van der Waals surface area contributed by atoms with Gasteiger partial charge in [0.15, 0.2) is 13.2 Å². The normalized spacial score (nSPS) is 11.1. The molecule has 0 atom stereocenters. The number of nitrogens with one attached hydrogen (secondary N) is 2. The molecule has 3 aromatic rings. The zero-order chi connectivity index (χ0) is 27.7. The van der Waals surface area contributed by atoms with Crippen molar-refractivity contribution in [1.82, 2.24) is 10.9 Å². The van der Waals surface area contributed by atoms with Crippen LogP contribution >= 0.6 is 63.7 Å². The summed E-state index contributed by atoms with van der Waals surface area (Å²) in [6, 6.07) is 14.7. The topological polar surface area (TPSA) is 101 Å². The summed E-state index contributed by atoms with van der Waals surface area (Å²) in [5.41, 5.74) is 8.19. The summed E-state index contributed by atoms with van der Waals surface area (Å²) in [4.78, 5) is 24.1. The molecule has 0 radical (unpaired) electrons. The molecular weight excluding hydrogens is 752 g/mol. The molecule has 3 rings (SSSR count). The fraction of sp³-hybridized carbons (Fsp3) is 0.154. The summed E-state index contributed by atoms with van der Waals surface area (Å²) >= 11 is 13.7. The average molecular weight is 774 g/mol. The highest BCUT2D eigenvalue weighted by molar-refractivity contribution is 9.11. The predicted octanol–water partition coefficient (Wildman–Crippen LogP) is 6.41. The highest BCUT2D eigenvalue weighted by Gasteiger charge is 2.10. The molecule has 0 aliphatic rings. The molecular formula is C26H22Br4N4O4. The Hall–Kier alpha value is -2.54. The van der Waals surface area contributed by atoms with Crippen LogP contribution in [0.1, 0.15) is 22.3 Å². The Kier molecular flexibility index (Phi) is 11.5. The molecule has 0 saturated carbocycles. The molecule has 0 bridgehead atoms. The van der Waals surface area contributed by atoms with E-state index in [0.717, 1.165) is 40.1 Å². The number of hydrogen-bond donors (Lipinski definition) is 2. The molecule has 0 fully saturated rings. The molecule has 0 spiro atoms. The number of carbonyl (C=O) groups excluding carboxylic acids is 2. The van der Waals surface area contributed by atoms with E-state index in [9.17, 15) is 9.59 Å². The third-order valence-corrected chi connectivity index (χ3v) is 6.92. The predicted molar refractivity (Wildman–Crippen MR) is 162 cm³/mol. The Labute approximate surface area is 253 Å². The number of benzene rings is 3. The van der Waals surface area contributed by atoms with Gasteiger partial charge in [-0.2, -0.15) is 10.2 Å². The maximum atomic E-state index is 12.1. The minimum Gasteiger partial charge on any atom is -0.482 e. The first-order chi connectivity index (χ1) is 18.1. The van der Waals surface area contributed by atoms with Gasteiger partial charge in [-0.05, 0) is 92.2 Å². The number of amides is 2. The van der Waals surface area contributed by atoms with E-state index in [1.54, 1.807) is 24.3 Å². The van der Waals surface area contributed by atoms with Crippen LogP contribution < -0.4 is 20.3 Å². The quantitative estimate of drug-likeness (QED) is 0.184. The van der Waals surface area contributed by atoms with E-state index in [4.69, 9.17) is 9.47 Å². The van der Waals surface area contributed by atoms with Crippen LogP contribution in [0.3, 0.4) is 0 Å². The van der Waals surface area contributed by atoms with E-state index >= 15 is 0 Å². The lowest BCUT2D eigenvalue weighted by Gasteiger charge is -2.10. The fourth-order valence-corrected chi connectivity index (χ4v) is 6.22. The van der Waals surface area contributed by atoms with Crippen LogP contribution in [0.2, 0.25) is 0 Å². The molecule has 0 heterocycles. The summed E-state index contributed by atoms with van der Waals surface area (Å²) in [6.45, 7) is 3.43. The Morgan fingerprint density at radius 3 is 1.42 bits per heavy atom. The number of aryl methyl sites for hydroxylation is 2. The summed E-state index contributed by atoms with van der Waals surface area (Å²) in [6.07, 6.45) is 3.03. The Bertz CT molecular complexity index is 1230. The van der Waals surface area contributed by atoms with Crippen LogP contribution in [0.15, 0.2) is 76.6 Å². The highest BCUT2D eigenvalue weighted by atomic mass is 79.9. The van der Waals surface area contributed by atoms with Crippen LogP contribution in [-0.4, -0.2) is 37.5 Å². The number of nitrogens with zero attached hydrogens (tertiary/aromatic N) is 2. The van der Waals surface area contributed by atoms with Gasteiger partial charge in [-0.25, -0.2) is 10.9 Å². The van der Waals surface area contributed by atoms with E-state index in [2.05, 4.69) is 84.8 Å². The first-order valence-electron chi connectivity index (χ1n) is 11.0. The molecule has 0 saturated heterocycles. The lowest BCUT2D eigenvalue weighted by atomic mass is 10.2. The lowest BCUT2D eigenvalue weighted by Crippen LogP contribution is -2.25.